The maximum Gasteiger partial charge on any atom is 0.138 e. The van der Waals surface area contributed by atoms with Gasteiger partial charge in [-0.25, -0.2) is 0 Å². The fourth-order valence-electron chi connectivity index (χ4n) is 2.77. The van der Waals surface area contributed by atoms with Crippen LogP contribution in [-0.4, -0.2) is 6.54 Å². The molecule has 104 valence electrons. The van der Waals surface area contributed by atoms with Crippen molar-refractivity contribution in [1.82, 2.24) is 5.32 Å². The third-order valence-electron chi connectivity index (χ3n) is 3.92. The smallest absolute Gasteiger partial charge is 0.138 e. The van der Waals surface area contributed by atoms with E-state index in [0.29, 0.717) is 0 Å². The molecule has 0 bridgehead atoms. The van der Waals surface area contributed by atoms with Gasteiger partial charge in [-0.15, -0.1) is 0 Å². The molecule has 2 aromatic rings. The van der Waals surface area contributed by atoms with E-state index in [-0.39, 0.29) is 0 Å². The van der Waals surface area contributed by atoms with Crippen LogP contribution in [0.4, 0.5) is 0 Å². The number of benzene rings is 1. The van der Waals surface area contributed by atoms with Crippen LogP contribution < -0.4 is 5.32 Å². The van der Waals surface area contributed by atoms with Crippen molar-refractivity contribution >= 4 is 11.0 Å². The summed E-state index contributed by atoms with van der Waals surface area (Å²) in [7, 11) is 0. The Balaban J connectivity index is 2.54. The predicted octanol–water partition coefficient (Wildman–Crippen LogP) is 4.42. The molecule has 2 heteroatoms. The number of aryl methyl sites for hydroxylation is 4. The van der Waals surface area contributed by atoms with Crippen molar-refractivity contribution in [1.29, 1.82) is 0 Å². The van der Waals surface area contributed by atoms with E-state index in [1.165, 1.54) is 27.6 Å². The summed E-state index contributed by atoms with van der Waals surface area (Å²) in [5, 5.41) is 4.78. The average molecular weight is 259 g/mol. The summed E-state index contributed by atoms with van der Waals surface area (Å²) in [6.07, 6.45) is 2.18. The van der Waals surface area contributed by atoms with E-state index >= 15 is 0 Å². The van der Waals surface area contributed by atoms with E-state index in [4.69, 9.17) is 4.42 Å². The molecule has 1 aromatic carbocycles. The van der Waals surface area contributed by atoms with Crippen molar-refractivity contribution in [2.45, 2.75) is 54.0 Å². The van der Waals surface area contributed by atoms with Gasteiger partial charge >= 0.3 is 0 Å². The van der Waals surface area contributed by atoms with Gasteiger partial charge in [-0.2, -0.15) is 0 Å². The van der Waals surface area contributed by atoms with Crippen molar-refractivity contribution in [3.8, 4) is 0 Å². The molecule has 0 saturated heterocycles. The Morgan fingerprint density at radius 3 is 2.47 bits per heavy atom. The first kappa shape index (κ1) is 14.1. The lowest BCUT2D eigenvalue weighted by atomic mass is 9.98. The van der Waals surface area contributed by atoms with Crippen LogP contribution in [0.15, 0.2) is 10.5 Å². The zero-order valence-electron chi connectivity index (χ0n) is 12.8. The van der Waals surface area contributed by atoms with Crippen LogP contribution in [0.25, 0.3) is 11.0 Å². The maximum absolute atomic E-state index is 6.17. The van der Waals surface area contributed by atoms with Gasteiger partial charge < -0.3 is 9.73 Å². The van der Waals surface area contributed by atoms with E-state index in [9.17, 15) is 0 Å². The van der Waals surface area contributed by atoms with Crippen molar-refractivity contribution in [3.05, 3.63) is 34.1 Å². The first-order valence-electron chi connectivity index (χ1n) is 7.31. The largest absolute Gasteiger partial charge is 0.459 e. The van der Waals surface area contributed by atoms with Crippen LogP contribution in [0, 0.1) is 20.8 Å². The van der Waals surface area contributed by atoms with E-state index in [1.54, 1.807) is 0 Å². The lowest BCUT2D eigenvalue weighted by Crippen LogP contribution is -2.14. The molecule has 0 aliphatic carbocycles. The lowest BCUT2D eigenvalue weighted by Gasteiger charge is -2.05. The number of nitrogens with one attached hydrogen (secondary N) is 1. The van der Waals surface area contributed by atoms with Crippen molar-refractivity contribution in [2.75, 3.05) is 6.54 Å². The van der Waals surface area contributed by atoms with Gasteiger partial charge in [0.25, 0.3) is 0 Å². The standard InChI is InChI=1S/C17H25NO/c1-6-8-18-10-15-14(7-2)16-12(4)9-11(3)13(5)17(16)19-15/h9,18H,6-8,10H2,1-5H3. The molecule has 2 nitrogen and oxygen atoms in total. The van der Waals surface area contributed by atoms with Gasteiger partial charge in [0.05, 0.1) is 6.54 Å². The van der Waals surface area contributed by atoms with Crippen molar-refractivity contribution < 1.29 is 4.42 Å². The van der Waals surface area contributed by atoms with Gasteiger partial charge in [0, 0.05) is 10.9 Å². The normalized spacial score (nSPS) is 11.4. The van der Waals surface area contributed by atoms with Crippen LogP contribution in [0.1, 0.15) is 48.3 Å². The fourth-order valence-corrected chi connectivity index (χ4v) is 2.77. The Morgan fingerprint density at radius 1 is 1.11 bits per heavy atom. The SMILES string of the molecule is CCCNCc1oc2c(C)c(C)cc(C)c2c1CC. The highest BCUT2D eigenvalue weighted by Gasteiger charge is 2.17. The fraction of sp³-hybridized carbons (Fsp3) is 0.529. The Labute approximate surface area is 116 Å². The molecule has 2 rings (SSSR count). The molecule has 0 fully saturated rings. The molecule has 0 aliphatic heterocycles. The highest BCUT2D eigenvalue weighted by molar-refractivity contribution is 5.89. The molecule has 0 unspecified atom stereocenters. The quantitative estimate of drug-likeness (QED) is 0.804. The topological polar surface area (TPSA) is 25.2 Å². The van der Waals surface area contributed by atoms with Gasteiger partial charge in [-0.05, 0) is 56.8 Å². The average Bonchev–Trinajstić information content (AvgIpc) is 2.75. The van der Waals surface area contributed by atoms with Crippen LogP contribution in [-0.2, 0) is 13.0 Å². The zero-order chi connectivity index (χ0) is 14.0. The second-order valence-electron chi connectivity index (χ2n) is 5.37. The summed E-state index contributed by atoms with van der Waals surface area (Å²) in [4.78, 5) is 0. The Morgan fingerprint density at radius 2 is 1.84 bits per heavy atom. The third-order valence-corrected chi connectivity index (χ3v) is 3.92. The minimum atomic E-state index is 0.837. The minimum Gasteiger partial charge on any atom is -0.459 e. The number of hydrogen-bond acceptors (Lipinski definition) is 2. The first-order chi connectivity index (χ1) is 9.10. The molecule has 0 radical (unpaired) electrons. The van der Waals surface area contributed by atoms with Crippen LogP contribution in [0.5, 0.6) is 0 Å². The summed E-state index contributed by atoms with van der Waals surface area (Å²) in [6, 6.07) is 2.27. The molecule has 0 saturated carbocycles. The van der Waals surface area contributed by atoms with Crippen molar-refractivity contribution in [3.63, 3.8) is 0 Å². The van der Waals surface area contributed by atoms with Crippen molar-refractivity contribution in [2.24, 2.45) is 0 Å². The summed E-state index contributed by atoms with van der Waals surface area (Å²) in [5.74, 6) is 1.11. The second-order valence-corrected chi connectivity index (χ2v) is 5.37. The summed E-state index contributed by atoms with van der Waals surface area (Å²) in [6.45, 7) is 12.8. The molecule has 0 atom stereocenters. The van der Waals surface area contributed by atoms with Gasteiger partial charge in [0.1, 0.15) is 11.3 Å². The summed E-state index contributed by atoms with van der Waals surface area (Å²) >= 11 is 0. The molecule has 1 heterocycles. The molecular formula is C17H25NO. The minimum absolute atomic E-state index is 0.837. The van der Waals surface area contributed by atoms with Crippen LogP contribution in [0.3, 0.4) is 0 Å². The van der Waals surface area contributed by atoms with Gasteiger partial charge in [0.15, 0.2) is 0 Å². The molecule has 0 spiro atoms. The highest BCUT2D eigenvalue weighted by Crippen LogP contribution is 2.33. The Bertz CT molecular complexity index is 581. The molecule has 1 N–H and O–H groups in total. The summed E-state index contributed by atoms with van der Waals surface area (Å²) in [5.41, 5.74) is 6.38. The third kappa shape index (κ3) is 2.55. The van der Waals surface area contributed by atoms with Gasteiger partial charge in [0.2, 0.25) is 0 Å². The van der Waals surface area contributed by atoms with Crippen LogP contribution in [0.2, 0.25) is 0 Å². The first-order valence-corrected chi connectivity index (χ1v) is 7.31. The molecule has 0 amide bonds. The highest BCUT2D eigenvalue weighted by atomic mass is 16.3. The maximum atomic E-state index is 6.17. The lowest BCUT2D eigenvalue weighted by molar-refractivity contribution is 0.506. The molecule has 1 aromatic heterocycles. The Kier molecular flexibility index (Phi) is 4.31. The molecular weight excluding hydrogens is 234 g/mol. The Hall–Kier alpha value is -1.28. The van der Waals surface area contributed by atoms with E-state index in [0.717, 1.165) is 37.3 Å². The number of furan rings is 1. The summed E-state index contributed by atoms with van der Waals surface area (Å²) < 4.78 is 6.17. The van der Waals surface area contributed by atoms with E-state index < -0.39 is 0 Å². The molecule has 19 heavy (non-hydrogen) atoms. The predicted molar refractivity (Wildman–Crippen MR) is 81.8 cm³/mol. The van der Waals surface area contributed by atoms with Gasteiger partial charge in [-0.1, -0.05) is 19.9 Å². The zero-order valence-corrected chi connectivity index (χ0v) is 12.8. The van der Waals surface area contributed by atoms with E-state index in [2.05, 4.69) is 46.0 Å². The second kappa shape index (κ2) is 5.79. The number of rotatable bonds is 5. The number of hydrogen-bond donors (Lipinski definition) is 1. The molecule has 0 aliphatic rings. The van der Waals surface area contributed by atoms with Crippen LogP contribution >= 0.6 is 0 Å². The van der Waals surface area contributed by atoms with E-state index in [1.807, 2.05) is 0 Å². The van der Waals surface area contributed by atoms with Gasteiger partial charge in [-0.3, -0.25) is 0 Å². The monoisotopic (exact) mass is 259 g/mol. The number of fused-ring (bicyclic) bond motifs is 1.